The molecule has 2 aromatic rings. The molecule has 0 aliphatic rings. The molecular weight excluding hydrogens is 242 g/mol. The maximum absolute atomic E-state index is 11.4. The smallest absolute Gasteiger partial charge is 0.307 e. The number of carboxylic acids is 1. The van der Waals surface area contributed by atoms with Gasteiger partial charge in [-0.25, -0.2) is 0 Å². The summed E-state index contributed by atoms with van der Waals surface area (Å²) in [5.41, 5.74) is 1.53. The third-order valence-electron chi connectivity index (χ3n) is 2.55. The van der Waals surface area contributed by atoms with E-state index in [0.717, 1.165) is 5.39 Å². The number of carbonyl (C=O) groups excluding carboxylic acids is 1. The molecule has 1 aromatic heterocycles. The van der Waals surface area contributed by atoms with Crippen LogP contribution in [-0.4, -0.2) is 21.8 Å². The molecule has 0 unspecified atom stereocenters. The monoisotopic (exact) mass is 251 g/mol. The number of H-pyrrole nitrogens is 1. The molecule has 0 atom stereocenters. The zero-order valence-electron chi connectivity index (χ0n) is 9.08. The van der Waals surface area contributed by atoms with Crippen LogP contribution in [0, 0.1) is 0 Å². The highest BCUT2D eigenvalue weighted by atomic mass is 35.5. The SMILES string of the molecule is CC(=O)c1[nH]c2cc(Cl)ccc2c1CC(=O)O. The lowest BCUT2D eigenvalue weighted by Crippen LogP contribution is -2.05. The van der Waals surface area contributed by atoms with Gasteiger partial charge in [-0.3, -0.25) is 9.59 Å². The minimum atomic E-state index is -0.969. The molecule has 88 valence electrons. The summed E-state index contributed by atoms with van der Waals surface area (Å²) in [5.74, 6) is -1.16. The number of hydrogen-bond donors (Lipinski definition) is 2. The van der Waals surface area contributed by atoms with Gasteiger partial charge in [0.15, 0.2) is 5.78 Å². The molecule has 0 fully saturated rings. The van der Waals surface area contributed by atoms with Gasteiger partial charge in [-0.05, 0) is 17.7 Å². The van der Waals surface area contributed by atoms with Crippen LogP contribution in [0.5, 0.6) is 0 Å². The predicted molar refractivity (Wildman–Crippen MR) is 64.7 cm³/mol. The van der Waals surface area contributed by atoms with Crippen LogP contribution in [0.2, 0.25) is 5.02 Å². The van der Waals surface area contributed by atoms with Crippen LogP contribution < -0.4 is 0 Å². The van der Waals surface area contributed by atoms with Gasteiger partial charge < -0.3 is 10.1 Å². The fourth-order valence-electron chi connectivity index (χ4n) is 1.86. The number of nitrogens with one attached hydrogen (secondary N) is 1. The van der Waals surface area contributed by atoms with E-state index in [1.807, 2.05) is 0 Å². The van der Waals surface area contributed by atoms with E-state index in [1.54, 1.807) is 18.2 Å². The fraction of sp³-hybridized carbons (Fsp3) is 0.167. The van der Waals surface area contributed by atoms with Crippen molar-refractivity contribution in [3.63, 3.8) is 0 Å². The summed E-state index contributed by atoms with van der Waals surface area (Å²) in [6.45, 7) is 1.40. The molecule has 0 amide bonds. The molecule has 0 spiro atoms. The van der Waals surface area contributed by atoms with E-state index in [4.69, 9.17) is 16.7 Å². The predicted octanol–water partition coefficient (Wildman–Crippen LogP) is 2.65. The molecule has 5 heteroatoms. The molecule has 2 rings (SSSR count). The van der Waals surface area contributed by atoms with Gasteiger partial charge >= 0.3 is 5.97 Å². The number of Topliss-reactive ketones (excluding diaryl/α,β-unsaturated/α-hetero) is 1. The Balaban J connectivity index is 2.71. The highest BCUT2D eigenvalue weighted by molar-refractivity contribution is 6.31. The Hall–Kier alpha value is -1.81. The number of benzene rings is 1. The van der Waals surface area contributed by atoms with Crippen LogP contribution in [0.4, 0.5) is 0 Å². The van der Waals surface area contributed by atoms with Crippen molar-refractivity contribution in [1.29, 1.82) is 0 Å². The van der Waals surface area contributed by atoms with E-state index >= 15 is 0 Å². The number of rotatable bonds is 3. The summed E-state index contributed by atoms with van der Waals surface area (Å²) >= 11 is 5.84. The Labute approximate surface area is 102 Å². The normalized spacial score (nSPS) is 10.7. The second-order valence-corrected chi connectivity index (χ2v) is 4.23. The number of carbonyl (C=O) groups is 2. The maximum Gasteiger partial charge on any atom is 0.307 e. The van der Waals surface area contributed by atoms with Crippen molar-refractivity contribution in [2.75, 3.05) is 0 Å². The molecule has 1 aromatic carbocycles. The third-order valence-corrected chi connectivity index (χ3v) is 2.78. The molecular formula is C12H10ClNO3. The summed E-state index contributed by atoms with van der Waals surface area (Å²) in [6.07, 6.45) is -0.184. The zero-order valence-corrected chi connectivity index (χ0v) is 9.84. The van der Waals surface area contributed by atoms with Crippen molar-refractivity contribution in [2.24, 2.45) is 0 Å². The van der Waals surface area contributed by atoms with Crippen molar-refractivity contribution in [2.45, 2.75) is 13.3 Å². The zero-order chi connectivity index (χ0) is 12.6. The van der Waals surface area contributed by atoms with Crippen LogP contribution in [0.1, 0.15) is 23.0 Å². The molecule has 0 bridgehead atoms. The van der Waals surface area contributed by atoms with Crippen LogP contribution in [0.25, 0.3) is 10.9 Å². The van der Waals surface area contributed by atoms with Gasteiger partial charge in [-0.2, -0.15) is 0 Å². The molecule has 0 radical (unpaired) electrons. The van der Waals surface area contributed by atoms with E-state index in [1.165, 1.54) is 6.92 Å². The van der Waals surface area contributed by atoms with E-state index < -0.39 is 5.97 Å². The highest BCUT2D eigenvalue weighted by Crippen LogP contribution is 2.26. The van der Waals surface area contributed by atoms with Gasteiger partial charge in [0, 0.05) is 22.8 Å². The minimum absolute atomic E-state index is 0.184. The minimum Gasteiger partial charge on any atom is -0.481 e. The van der Waals surface area contributed by atoms with Gasteiger partial charge in [-0.15, -0.1) is 0 Å². The molecule has 17 heavy (non-hydrogen) atoms. The summed E-state index contributed by atoms with van der Waals surface area (Å²) in [4.78, 5) is 25.2. The molecule has 2 N–H and O–H groups in total. The van der Waals surface area contributed by atoms with Crippen LogP contribution in [0.3, 0.4) is 0 Å². The van der Waals surface area contributed by atoms with Crippen molar-refractivity contribution < 1.29 is 14.7 Å². The average molecular weight is 252 g/mol. The first-order valence-corrected chi connectivity index (χ1v) is 5.39. The quantitative estimate of drug-likeness (QED) is 0.824. The number of fused-ring (bicyclic) bond motifs is 1. The van der Waals surface area contributed by atoms with Crippen molar-refractivity contribution in [3.8, 4) is 0 Å². The topological polar surface area (TPSA) is 70.2 Å². The van der Waals surface area contributed by atoms with Crippen molar-refractivity contribution in [3.05, 3.63) is 34.5 Å². The first-order chi connectivity index (χ1) is 7.99. The molecule has 4 nitrogen and oxygen atoms in total. The average Bonchev–Trinajstić information content (AvgIpc) is 2.55. The van der Waals surface area contributed by atoms with Crippen molar-refractivity contribution >= 4 is 34.3 Å². The lowest BCUT2D eigenvalue weighted by atomic mass is 10.1. The highest BCUT2D eigenvalue weighted by Gasteiger charge is 2.17. The second kappa shape index (κ2) is 4.22. The van der Waals surface area contributed by atoms with Gasteiger partial charge in [0.05, 0.1) is 12.1 Å². The lowest BCUT2D eigenvalue weighted by molar-refractivity contribution is -0.136. The summed E-state index contributed by atoms with van der Waals surface area (Å²) < 4.78 is 0. The Morgan fingerprint density at radius 2 is 2.12 bits per heavy atom. The van der Waals surface area contributed by atoms with Gasteiger partial charge in [-0.1, -0.05) is 17.7 Å². The number of carboxylic acid groups (broad SMARTS) is 1. The Morgan fingerprint density at radius 1 is 1.41 bits per heavy atom. The number of ketones is 1. The van der Waals surface area contributed by atoms with E-state index in [2.05, 4.69) is 4.98 Å². The molecule has 0 saturated carbocycles. The number of aromatic nitrogens is 1. The summed E-state index contributed by atoms with van der Waals surface area (Å²) in [5, 5.41) is 10.1. The molecule has 0 aliphatic heterocycles. The third kappa shape index (κ3) is 2.17. The van der Waals surface area contributed by atoms with Gasteiger partial charge in [0.25, 0.3) is 0 Å². The number of hydrogen-bond acceptors (Lipinski definition) is 2. The Bertz CT molecular complexity index is 615. The van der Waals surface area contributed by atoms with Crippen LogP contribution >= 0.6 is 11.6 Å². The molecule has 1 heterocycles. The largest absolute Gasteiger partial charge is 0.481 e. The van der Waals surface area contributed by atoms with Crippen LogP contribution in [-0.2, 0) is 11.2 Å². The molecule has 0 saturated heterocycles. The second-order valence-electron chi connectivity index (χ2n) is 3.80. The van der Waals surface area contributed by atoms with E-state index in [9.17, 15) is 9.59 Å². The first-order valence-electron chi connectivity index (χ1n) is 5.02. The van der Waals surface area contributed by atoms with Crippen molar-refractivity contribution in [1.82, 2.24) is 4.98 Å². The lowest BCUT2D eigenvalue weighted by Gasteiger charge is -1.98. The number of aliphatic carboxylic acids is 1. The summed E-state index contributed by atoms with van der Waals surface area (Å²) in [6, 6.07) is 5.07. The van der Waals surface area contributed by atoms with Gasteiger partial charge in [0.1, 0.15) is 0 Å². The van der Waals surface area contributed by atoms with Gasteiger partial charge in [0.2, 0.25) is 0 Å². The van der Waals surface area contributed by atoms with E-state index in [-0.39, 0.29) is 12.2 Å². The first kappa shape index (κ1) is 11.7. The standard InChI is InChI=1S/C12H10ClNO3/c1-6(15)12-9(5-11(16)17)8-3-2-7(13)4-10(8)14-12/h2-4,14H,5H2,1H3,(H,16,17). The Kier molecular flexibility index (Phi) is 2.90. The number of aromatic amines is 1. The summed E-state index contributed by atoms with van der Waals surface area (Å²) in [7, 11) is 0. The number of halogens is 1. The fourth-order valence-corrected chi connectivity index (χ4v) is 2.04. The maximum atomic E-state index is 11.4. The Morgan fingerprint density at radius 3 is 2.71 bits per heavy atom. The molecule has 0 aliphatic carbocycles. The van der Waals surface area contributed by atoms with E-state index in [0.29, 0.717) is 21.8 Å². The van der Waals surface area contributed by atoms with Crippen LogP contribution in [0.15, 0.2) is 18.2 Å².